The number of aromatic amines is 2. The molecule has 9 aromatic rings. The molecule has 5 N–H and O–H groups in total. The summed E-state index contributed by atoms with van der Waals surface area (Å²) in [6.45, 7) is 26.9. The van der Waals surface area contributed by atoms with E-state index in [9.17, 15) is 9.59 Å². The second-order valence-corrected chi connectivity index (χ2v) is 14.2. The first-order chi connectivity index (χ1) is 36.6. The van der Waals surface area contributed by atoms with E-state index in [0.717, 1.165) is 46.8 Å². The Morgan fingerprint density at radius 1 is 0.432 bits per heavy atom. The summed E-state index contributed by atoms with van der Waals surface area (Å²) in [7, 11) is 0. The smallest absolute Gasteiger partial charge is 0.255 e. The monoisotopic (exact) mass is 993 g/mol. The number of nitrogens with zero attached hydrogens (tertiary/aromatic N) is 1. The van der Waals surface area contributed by atoms with Gasteiger partial charge in [-0.1, -0.05) is 223 Å². The Morgan fingerprint density at radius 2 is 0.932 bits per heavy atom. The van der Waals surface area contributed by atoms with Gasteiger partial charge in [0.05, 0.1) is 5.52 Å². The third kappa shape index (κ3) is 22.9. The highest BCUT2D eigenvalue weighted by Crippen LogP contribution is 2.19. The van der Waals surface area contributed by atoms with E-state index in [1.54, 1.807) is 6.20 Å². The minimum Gasteiger partial charge on any atom is -0.387 e. The molecule has 3 aliphatic heterocycles. The Labute approximate surface area is 443 Å². The molecule has 74 heavy (non-hydrogen) atoms. The van der Waals surface area contributed by atoms with Gasteiger partial charge in [-0.2, -0.15) is 0 Å². The number of pyridine rings is 3. The number of hydrogen-bond acceptors (Lipinski definition) is 6. The van der Waals surface area contributed by atoms with E-state index in [1.165, 1.54) is 45.0 Å². The molecule has 390 valence electrons. The number of hydrogen-bond donors (Lipinski definition) is 5. The van der Waals surface area contributed by atoms with Crippen molar-refractivity contribution in [1.29, 1.82) is 0 Å². The zero-order valence-electron chi connectivity index (χ0n) is 46.2. The molecule has 0 amide bonds. The molecule has 3 aliphatic rings. The lowest BCUT2D eigenvalue weighted by Crippen LogP contribution is -2.09. The number of para-hydroxylation sites is 3. The second kappa shape index (κ2) is 41.4. The SMILES string of the molecule is C1=Cc2ccccc2CN1.C1=Cc2ccccc2CN1.C1=Cc2ccccc2NC1.CC.CC.CC.CC.CC.CC.O=c1[nH]ccc2ccccc12.O=c1ccc2ccccc2[nH]1.c1ccc2ncccc2c1. The van der Waals surface area contributed by atoms with E-state index < -0.39 is 0 Å². The standard InChI is InChI=1S/2C9H7NO.C9H9N.C9H7N.2C9H9N.6C2H6/c11-9-8-4-2-1-3-7(8)5-6-10-9;11-9-6-5-7-3-1-2-4-8(7)10-9;2*1-2-6-9-8(4-1)5-3-7-10-9;2*1-2-4-9-7-10-6-5-8(9)3-1;6*1-2/h2*1-6H,(H,10,11);1-6,10H,7H2;1-7H;2*1-6,10H,7H2;6*1-2H3. The highest BCUT2D eigenvalue weighted by Gasteiger charge is 2.01. The molecule has 0 bridgehead atoms. The molecule has 0 unspecified atom stereocenters. The molecule has 0 saturated carbocycles. The second-order valence-electron chi connectivity index (χ2n) is 14.2. The van der Waals surface area contributed by atoms with Crippen molar-refractivity contribution in [3.63, 3.8) is 0 Å². The van der Waals surface area contributed by atoms with E-state index in [1.807, 2.05) is 193 Å². The van der Waals surface area contributed by atoms with Crippen LogP contribution in [0.15, 0.2) is 216 Å². The summed E-state index contributed by atoms with van der Waals surface area (Å²) in [4.78, 5) is 31.5. The fourth-order valence-corrected chi connectivity index (χ4v) is 6.75. The van der Waals surface area contributed by atoms with Crippen molar-refractivity contribution < 1.29 is 0 Å². The van der Waals surface area contributed by atoms with Crippen LogP contribution in [0.25, 0.3) is 50.8 Å². The van der Waals surface area contributed by atoms with Crippen LogP contribution in [-0.4, -0.2) is 21.5 Å². The van der Waals surface area contributed by atoms with Crippen LogP contribution in [0.5, 0.6) is 0 Å². The van der Waals surface area contributed by atoms with Crippen molar-refractivity contribution in [3.05, 3.63) is 255 Å². The summed E-state index contributed by atoms with van der Waals surface area (Å²) < 4.78 is 0. The highest BCUT2D eigenvalue weighted by molar-refractivity contribution is 5.81. The van der Waals surface area contributed by atoms with Crippen LogP contribution in [0.4, 0.5) is 5.69 Å². The Kier molecular flexibility index (Phi) is 35.7. The van der Waals surface area contributed by atoms with Crippen molar-refractivity contribution in [2.75, 3.05) is 11.9 Å². The molecular formula is C66H84N6O2. The number of fused-ring (bicyclic) bond motifs is 6. The summed E-state index contributed by atoms with van der Waals surface area (Å²) in [5.74, 6) is 0. The van der Waals surface area contributed by atoms with E-state index in [2.05, 4.69) is 134 Å². The fourth-order valence-electron chi connectivity index (χ4n) is 6.75. The molecule has 6 aromatic carbocycles. The summed E-state index contributed by atoms with van der Waals surface area (Å²) in [6.07, 6.45) is 15.9. The maximum atomic E-state index is 11.1. The van der Waals surface area contributed by atoms with Gasteiger partial charge in [-0.3, -0.25) is 14.6 Å². The van der Waals surface area contributed by atoms with Crippen LogP contribution in [0.1, 0.15) is 111 Å². The predicted molar refractivity (Wildman–Crippen MR) is 328 cm³/mol. The Bertz CT molecular complexity index is 2840. The molecule has 3 aromatic heterocycles. The van der Waals surface area contributed by atoms with Crippen LogP contribution in [0, 0.1) is 0 Å². The average Bonchev–Trinajstić information content (AvgIpc) is 3.51. The quantitative estimate of drug-likeness (QED) is 0.103. The zero-order valence-corrected chi connectivity index (χ0v) is 46.2. The van der Waals surface area contributed by atoms with E-state index >= 15 is 0 Å². The molecule has 12 rings (SSSR count). The summed E-state index contributed by atoms with van der Waals surface area (Å²) in [5, 5.41) is 13.6. The van der Waals surface area contributed by atoms with Crippen LogP contribution in [0.2, 0.25) is 0 Å². The zero-order chi connectivity index (χ0) is 54.6. The van der Waals surface area contributed by atoms with Gasteiger partial charge >= 0.3 is 0 Å². The first-order valence-corrected chi connectivity index (χ1v) is 26.5. The first kappa shape index (κ1) is 63.8. The average molecular weight is 993 g/mol. The Hall–Kier alpha value is -8.23. The van der Waals surface area contributed by atoms with E-state index in [4.69, 9.17) is 0 Å². The molecule has 0 fully saturated rings. The fraction of sp³-hybridized carbons (Fsp3) is 0.227. The van der Waals surface area contributed by atoms with Crippen LogP contribution < -0.4 is 27.1 Å². The van der Waals surface area contributed by atoms with Crippen molar-refractivity contribution in [2.24, 2.45) is 0 Å². The largest absolute Gasteiger partial charge is 0.387 e. The summed E-state index contributed by atoms with van der Waals surface area (Å²) >= 11 is 0. The van der Waals surface area contributed by atoms with Gasteiger partial charge in [0.1, 0.15) is 0 Å². The van der Waals surface area contributed by atoms with Gasteiger partial charge in [0.25, 0.3) is 5.56 Å². The van der Waals surface area contributed by atoms with Crippen molar-refractivity contribution in [3.8, 4) is 0 Å². The van der Waals surface area contributed by atoms with Gasteiger partial charge in [-0.25, -0.2) is 0 Å². The number of aromatic nitrogens is 3. The van der Waals surface area contributed by atoms with Gasteiger partial charge < -0.3 is 25.9 Å². The topological polar surface area (TPSA) is 115 Å². The number of rotatable bonds is 0. The van der Waals surface area contributed by atoms with Gasteiger partial charge in [-0.15, -0.1) is 0 Å². The molecule has 0 saturated heterocycles. The van der Waals surface area contributed by atoms with Gasteiger partial charge in [0.2, 0.25) is 5.56 Å². The number of anilines is 1. The number of nitrogens with one attached hydrogen (secondary N) is 5. The Balaban J connectivity index is 0.000000426. The predicted octanol–water partition coefficient (Wildman–Crippen LogP) is 17.1. The Morgan fingerprint density at radius 3 is 1.51 bits per heavy atom. The third-order valence-corrected chi connectivity index (χ3v) is 9.95. The molecule has 0 aliphatic carbocycles. The number of H-pyrrole nitrogens is 2. The van der Waals surface area contributed by atoms with Crippen molar-refractivity contribution in [1.82, 2.24) is 25.6 Å². The molecule has 8 nitrogen and oxygen atoms in total. The molecular weight excluding hydrogens is 909 g/mol. The van der Waals surface area contributed by atoms with E-state index in [0.29, 0.717) is 0 Å². The molecule has 0 spiro atoms. The molecule has 8 heteroatoms. The summed E-state index contributed by atoms with van der Waals surface area (Å²) in [5.41, 5.74) is 9.83. The van der Waals surface area contributed by atoms with Crippen LogP contribution in [-0.2, 0) is 13.1 Å². The van der Waals surface area contributed by atoms with Gasteiger partial charge in [0, 0.05) is 60.1 Å². The number of benzene rings is 6. The minimum absolute atomic E-state index is 0.0249. The normalized spacial score (nSPS) is 10.5. The molecule has 0 atom stereocenters. The lowest BCUT2D eigenvalue weighted by Gasteiger charge is -2.11. The maximum absolute atomic E-state index is 11.1. The molecule has 6 heterocycles. The van der Waals surface area contributed by atoms with Gasteiger partial charge in [0.15, 0.2) is 0 Å². The maximum Gasteiger partial charge on any atom is 0.255 e. The first-order valence-electron chi connectivity index (χ1n) is 26.5. The van der Waals surface area contributed by atoms with Crippen molar-refractivity contribution in [2.45, 2.75) is 96.2 Å². The third-order valence-electron chi connectivity index (χ3n) is 9.95. The summed E-state index contributed by atoms with van der Waals surface area (Å²) in [6, 6.07) is 57.6. The van der Waals surface area contributed by atoms with E-state index in [-0.39, 0.29) is 11.1 Å². The molecule has 0 radical (unpaired) electrons. The lowest BCUT2D eigenvalue weighted by molar-refractivity contribution is 0.859. The van der Waals surface area contributed by atoms with Crippen LogP contribution in [0.3, 0.4) is 0 Å². The van der Waals surface area contributed by atoms with Crippen LogP contribution >= 0.6 is 0 Å². The highest BCUT2D eigenvalue weighted by atomic mass is 16.1. The lowest BCUT2D eigenvalue weighted by atomic mass is 10.1. The van der Waals surface area contributed by atoms with Gasteiger partial charge in [-0.05, 0) is 106 Å². The van der Waals surface area contributed by atoms with Crippen molar-refractivity contribution >= 4 is 56.5 Å². The minimum atomic E-state index is -0.0521.